The zero-order chi connectivity index (χ0) is 20.1. The van der Waals surface area contributed by atoms with Crippen LogP contribution in [0.5, 0.6) is 0 Å². The van der Waals surface area contributed by atoms with E-state index in [1.54, 1.807) is 11.5 Å². The average molecular weight is 398 g/mol. The van der Waals surface area contributed by atoms with Crippen molar-refractivity contribution in [2.24, 2.45) is 4.99 Å². The number of esters is 2. The van der Waals surface area contributed by atoms with E-state index in [1.165, 1.54) is 42.7 Å². The Balaban J connectivity index is 1.99. The van der Waals surface area contributed by atoms with Crippen LogP contribution in [0.4, 0.5) is 0 Å². The molecule has 0 aliphatic carbocycles. The summed E-state index contributed by atoms with van der Waals surface area (Å²) in [5.74, 6) is -1.35. The van der Waals surface area contributed by atoms with Crippen molar-refractivity contribution in [2.75, 3.05) is 13.7 Å². The van der Waals surface area contributed by atoms with Gasteiger partial charge in [0.05, 0.1) is 29.5 Å². The first-order valence-electron chi connectivity index (χ1n) is 8.55. The minimum atomic E-state index is -0.479. The predicted octanol–water partition coefficient (Wildman–Crippen LogP) is 2.79. The number of ether oxygens (including phenoxy) is 2. The van der Waals surface area contributed by atoms with Crippen LogP contribution in [0.15, 0.2) is 53.5 Å². The topological polar surface area (TPSA) is 87.0 Å². The largest absolute Gasteiger partial charge is 0.465 e. The summed E-state index contributed by atoms with van der Waals surface area (Å²) < 4.78 is 12.2. The molecule has 1 amide bonds. The molecule has 0 atom stereocenters. The molecular formula is C20H18N2O5S. The molecule has 0 aliphatic rings. The van der Waals surface area contributed by atoms with Gasteiger partial charge in [0, 0.05) is 5.56 Å². The molecule has 0 aliphatic heterocycles. The highest BCUT2D eigenvalue weighted by Crippen LogP contribution is 2.17. The second-order valence-electron chi connectivity index (χ2n) is 5.73. The van der Waals surface area contributed by atoms with Crippen LogP contribution in [-0.2, 0) is 20.8 Å². The lowest BCUT2D eigenvalue weighted by Gasteiger charge is -2.05. The van der Waals surface area contributed by atoms with Crippen molar-refractivity contribution in [3.63, 3.8) is 0 Å². The quantitative estimate of drug-likeness (QED) is 0.617. The van der Waals surface area contributed by atoms with E-state index in [-0.39, 0.29) is 13.2 Å². The minimum Gasteiger partial charge on any atom is -0.465 e. The number of amides is 1. The first-order valence-corrected chi connectivity index (χ1v) is 9.36. The summed E-state index contributed by atoms with van der Waals surface area (Å²) in [7, 11) is 1.29. The number of methoxy groups -OCH3 is 1. The van der Waals surface area contributed by atoms with Crippen LogP contribution < -0.4 is 4.80 Å². The second kappa shape index (κ2) is 8.62. The fourth-order valence-electron chi connectivity index (χ4n) is 2.61. The van der Waals surface area contributed by atoms with Crippen LogP contribution in [0.2, 0.25) is 0 Å². The molecule has 0 saturated heterocycles. The van der Waals surface area contributed by atoms with Gasteiger partial charge in [-0.15, -0.1) is 0 Å². The summed E-state index contributed by atoms with van der Waals surface area (Å²) in [5, 5.41) is 0. The van der Waals surface area contributed by atoms with E-state index in [4.69, 9.17) is 4.74 Å². The van der Waals surface area contributed by atoms with Gasteiger partial charge in [-0.1, -0.05) is 23.5 Å². The van der Waals surface area contributed by atoms with Crippen LogP contribution >= 0.6 is 11.3 Å². The Kier molecular flexibility index (Phi) is 6.00. The number of hydrogen-bond donors (Lipinski definition) is 0. The minimum absolute atomic E-state index is 0.0365. The number of para-hydroxylation sites is 1. The molecule has 3 rings (SSSR count). The number of nitrogens with zero attached hydrogens (tertiary/aromatic N) is 2. The molecule has 7 nitrogen and oxygen atoms in total. The van der Waals surface area contributed by atoms with Crippen LogP contribution in [0.25, 0.3) is 10.2 Å². The van der Waals surface area contributed by atoms with Gasteiger partial charge in [0.2, 0.25) is 0 Å². The lowest BCUT2D eigenvalue weighted by atomic mass is 10.1. The first kappa shape index (κ1) is 19.5. The fourth-order valence-corrected chi connectivity index (χ4v) is 3.64. The fraction of sp³-hybridized carbons (Fsp3) is 0.200. The van der Waals surface area contributed by atoms with Crippen molar-refractivity contribution in [2.45, 2.75) is 13.5 Å². The number of hydrogen-bond acceptors (Lipinski definition) is 6. The number of carbonyl (C=O) groups excluding carboxylic acids is 3. The summed E-state index contributed by atoms with van der Waals surface area (Å²) in [4.78, 5) is 40.7. The molecule has 0 bridgehead atoms. The third kappa shape index (κ3) is 4.17. The Bertz CT molecular complexity index is 1100. The Morgan fingerprint density at radius 3 is 2.39 bits per heavy atom. The normalized spacial score (nSPS) is 11.4. The van der Waals surface area contributed by atoms with Gasteiger partial charge >= 0.3 is 11.9 Å². The van der Waals surface area contributed by atoms with Gasteiger partial charge in [-0.25, -0.2) is 4.79 Å². The van der Waals surface area contributed by atoms with Gasteiger partial charge < -0.3 is 14.0 Å². The molecule has 144 valence electrons. The van der Waals surface area contributed by atoms with Crippen molar-refractivity contribution in [3.05, 3.63) is 64.5 Å². The van der Waals surface area contributed by atoms with Crippen molar-refractivity contribution >= 4 is 39.4 Å². The van der Waals surface area contributed by atoms with Crippen molar-refractivity contribution in [1.82, 2.24) is 4.57 Å². The number of fused-ring (bicyclic) bond motifs is 1. The van der Waals surface area contributed by atoms with Gasteiger partial charge in [-0.2, -0.15) is 4.99 Å². The Labute approximate surface area is 164 Å². The molecule has 2 aromatic carbocycles. The maximum absolute atomic E-state index is 12.6. The summed E-state index contributed by atoms with van der Waals surface area (Å²) >= 11 is 1.31. The SMILES string of the molecule is CCOC(=O)Cn1c(=NC(=O)c2ccc(C(=O)OC)cc2)sc2ccccc21. The Hall–Kier alpha value is -3.26. The predicted molar refractivity (Wildman–Crippen MR) is 104 cm³/mol. The zero-order valence-corrected chi connectivity index (χ0v) is 16.2. The maximum atomic E-state index is 12.6. The maximum Gasteiger partial charge on any atom is 0.337 e. The van der Waals surface area contributed by atoms with Crippen LogP contribution in [0, 0.1) is 0 Å². The molecular weight excluding hydrogens is 380 g/mol. The van der Waals surface area contributed by atoms with E-state index < -0.39 is 17.8 Å². The highest BCUT2D eigenvalue weighted by Gasteiger charge is 2.13. The summed E-state index contributed by atoms with van der Waals surface area (Å²) in [6.45, 7) is 1.98. The lowest BCUT2D eigenvalue weighted by molar-refractivity contribution is -0.143. The summed E-state index contributed by atoms with van der Waals surface area (Å²) in [6.07, 6.45) is 0. The van der Waals surface area contributed by atoms with Gasteiger partial charge in [0.25, 0.3) is 5.91 Å². The zero-order valence-electron chi connectivity index (χ0n) is 15.4. The molecule has 28 heavy (non-hydrogen) atoms. The molecule has 8 heteroatoms. The molecule has 1 aromatic heterocycles. The number of benzene rings is 2. The van der Waals surface area contributed by atoms with Crippen LogP contribution in [0.3, 0.4) is 0 Å². The van der Waals surface area contributed by atoms with E-state index in [1.807, 2.05) is 24.3 Å². The smallest absolute Gasteiger partial charge is 0.337 e. The van der Waals surface area contributed by atoms with Crippen molar-refractivity contribution in [3.8, 4) is 0 Å². The highest BCUT2D eigenvalue weighted by atomic mass is 32.1. The van der Waals surface area contributed by atoms with E-state index in [0.717, 1.165) is 10.2 Å². The molecule has 0 fully saturated rings. The first-order chi connectivity index (χ1) is 13.5. The van der Waals surface area contributed by atoms with Gasteiger partial charge in [0.1, 0.15) is 6.54 Å². The average Bonchev–Trinajstić information content (AvgIpc) is 3.04. The third-order valence-corrected chi connectivity index (χ3v) is 4.99. The van der Waals surface area contributed by atoms with Gasteiger partial charge in [-0.05, 0) is 43.3 Å². The number of aromatic nitrogens is 1. The number of thiazole rings is 1. The molecule has 1 heterocycles. The summed E-state index contributed by atoms with van der Waals surface area (Å²) in [5.41, 5.74) is 1.47. The Morgan fingerprint density at radius 2 is 1.71 bits per heavy atom. The third-order valence-electron chi connectivity index (χ3n) is 3.93. The molecule has 0 radical (unpaired) electrons. The standard InChI is InChI=1S/C20H18N2O5S/c1-3-27-17(23)12-22-15-6-4-5-7-16(15)28-20(22)21-18(24)13-8-10-14(11-9-13)19(25)26-2/h4-11H,3,12H2,1-2H3. The molecule has 3 aromatic rings. The summed E-state index contributed by atoms with van der Waals surface area (Å²) in [6, 6.07) is 13.5. The Morgan fingerprint density at radius 1 is 1.04 bits per heavy atom. The number of carbonyl (C=O) groups is 3. The van der Waals surface area contributed by atoms with E-state index in [0.29, 0.717) is 15.9 Å². The van der Waals surface area contributed by atoms with Crippen molar-refractivity contribution in [1.29, 1.82) is 0 Å². The van der Waals surface area contributed by atoms with E-state index >= 15 is 0 Å². The van der Waals surface area contributed by atoms with E-state index in [9.17, 15) is 14.4 Å². The monoisotopic (exact) mass is 398 g/mol. The molecule has 0 unspecified atom stereocenters. The lowest BCUT2D eigenvalue weighted by Crippen LogP contribution is -2.23. The number of rotatable bonds is 5. The van der Waals surface area contributed by atoms with Crippen LogP contribution in [0.1, 0.15) is 27.6 Å². The highest BCUT2D eigenvalue weighted by molar-refractivity contribution is 7.16. The molecule has 0 spiro atoms. The van der Waals surface area contributed by atoms with Crippen molar-refractivity contribution < 1.29 is 23.9 Å². The van der Waals surface area contributed by atoms with Gasteiger partial charge in [-0.3, -0.25) is 9.59 Å². The molecule has 0 saturated carbocycles. The van der Waals surface area contributed by atoms with Gasteiger partial charge in [0.15, 0.2) is 4.80 Å². The second-order valence-corrected chi connectivity index (χ2v) is 6.74. The molecule has 0 N–H and O–H groups in total. The van der Waals surface area contributed by atoms with Crippen LogP contribution in [-0.4, -0.2) is 36.1 Å². The van der Waals surface area contributed by atoms with E-state index in [2.05, 4.69) is 9.73 Å².